The fraction of sp³-hybridized carbons (Fsp3) is 1.00. The van der Waals surface area contributed by atoms with Crippen LogP contribution in [0, 0.1) is 0 Å². The average molecular weight is 199 g/mol. The lowest BCUT2D eigenvalue weighted by molar-refractivity contribution is -0.241. The van der Waals surface area contributed by atoms with E-state index in [4.69, 9.17) is 4.74 Å². The standard InChI is InChI=1S/C7H12F3NO2/c1-5-6(12-3-2-11-5)13-4-7(8,9)10/h5-6,11H,2-4H2,1H3/t5-,6-/m0/s1. The van der Waals surface area contributed by atoms with Crippen LogP contribution in [0.25, 0.3) is 0 Å². The molecule has 0 bridgehead atoms. The van der Waals surface area contributed by atoms with E-state index < -0.39 is 19.1 Å². The van der Waals surface area contributed by atoms with Crippen molar-refractivity contribution in [1.29, 1.82) is 0 Å². The van der Waals surface area contributed by atoms with Gasteiger partial charge in [0.05, 0.1) is 12.6 Å². The van der Waals surface area contributed by atoms with Crippen LogP contribution in [0.5, 0.6) is 0 Å². The molecule has 1 saturated heterocycles. The summed E-state index contributed by atoms with van der Waals surface area (Å²) in [5.74, 6) is 0. The lowest BCUT2D eigenvalue weighted by Crippen LogP contribution is -2.48. The number of morpholine rings is 1. The second-order valence-electron chi connectivity index (χ2n) is 2.91. The molecular weight excluding hydrogens is 187 g/mol. The number of halogens is 3. The molecule has 1 aliphatic rings. The third kappa shape index (κ3) is 3.93. The molecule has 0 amide bonds. The van der Waals surface area contributed by atoms with Crippen LogP contribution in [0.1, 0.15) is 6.92 Å². The van der Waals surface area contributed by atoms with Crippen LogP contribution in [0.3, 0.4) is 0 Å². The van der Waals surface area contributed by atoms with Gasteiger partial charge in [-0.3, -0.25) is 0 Å². The van der Waals surface area contributed by atoms with Gasteiger partial charge in [0.25, 0.3) is 0 Å². The van der Waals surface area contributed by atoms with Crippen molar-refractivity contribution in [2.24, 2.45) is 0 Å². The molecule has 6 heteroatoms. The Bertz CT molecular complexity index is 162. The number of ether oxygens (including phenoxy) is 2. The molecule has 0 aromatic rings. The predicted molar refractivity (Wildman–Crippen MR) is 39.2 cm³/mol. The Hall–Kier alpha value is -0.330. The highest BCUT2D eigenvalue weighted by atomic mass is 19.4. The number of hydrogen-bond donors (Lipinski definition) is 1. The van der Waals surface area contributed by atoms with Gasteiger partial charge in [0.15, 0.2) is 6.29 Å². The first-order chi connectivity index (χ1) is 5.99. The summed E-state index contributed by atoms with van der Waals surface area (Å²) in [7, 11) is 0. The third-order valence-electron chi connectivity index (χ3n) is 1.67. The zero-order valence-electron chi connectivity index (χ0n) is 7.23. The number of alkyl halides is 3. The molecule has 3 nitrogen and oxygen atoms in total. The highest BCUT2D eigenvalue weighted by Crippen LogP contribution is 2.17. The first-order valence-corrected chi connectivity index (χ1v) is 4.02. The SMILES string of the molecule is C[C@@H]1NCCO[C@H]1OCC(F)(F)F. The number of rotatable bonds is 2. The van der Waals surface area contributed by atoms with Crippen LogP contribution in [0.15, 0.2) is 0 Å². The highest BCUT2D eigenvalue weighted by Gasteiger charge is 2.31. The fourth-order valence-corrected chi connectivity index (χ4v) is 1.07. The van der Waals surface area contributed by atoms with Gasteiger partial charge >= 0.3 is 6.18 Å². The first kappa shape index (κ1) is 10.7. The van der Waals surface area contributed by atoms with Crippen LogP contribution in [-0.2, 0) is 9.47 Å². The lowest BCUT2D eigenvalue weighted by Gasteiger charge is -2.30. The normalized spacial score (nSPS) is 30.5. The van der Waals surface area contributed by atoms with E-state index in [-0.39, 0.29) is 6.04 Å². The molecule has 2 atom stereocenters. The van der Waals surface area contributed by atoms with Crippen molar-refractivity contribution < 1.29 is 22.6 Å². The maximum atomic E-state index is 11.7. The Morgan fingerprint density at radius 2 is 2.23 bits per heavy atom. The Kier molecular flexibility index (Phi) is 3.52. The monoisotopic (exact) mass is 199 g/mol. The molecule has 1 fully saturated rings. The smallest absolute Gasteiger partial charge is 0.350 e. The number of nitrogens with one attached hydrogen (secondary N) is 1. The maximum Gasteiger partial charge on any atom is 0.411 e. The van der Waals surface area contributed by atoms with Crippen molar-refractivity contribution in [3.63, 3.8) is 0 Å². The van der Waals surface area contributed by atoms with Gasteiger partial charge in [-0.15, -0.1) is 0 Å². The largest absolute Gasteiger partial charge is 0.411 e. The molecule has 0 spiro atoms. The van der Waals surface area contributed by atoms with Crippen molar-refractivity contribution in [1.82, 2.24) is 5.32 Å². The van der Waals surface area contributed by atoms with Crippen molar-refractivity contribution in [2.45, 2.75) is 25.4 Å². The Labute approximate surface area is 74.2 Å². The minimum absolute atomic E-state index is 0.198. The average Bonchev–Trinajstić information content (AvgIpc) is 2.01. The Balaban J connectivity index is 2.27. The van der Waals surface area contributed by atoms with Crippen LogP contribution >= 0.6 is 0 Å². The van der Waals surface area contributed by atoms with E-state index in [9.17, 15) is 13.2 Å². The molecule has 0 aliphatic carbocycles. The summed E-state index contributed by atoms with van der Waals surface area (Å²) in [4.78, 5) is 0. The summed E-state index contributed by atoms with van der Waals surface area (Å²) in [5, 5.41) is 2.95. The number of hydrogen-bond acceptors (Lipinski definition) is 3. The topological polar surface area (TPSA) is 30.5 Å². The van der Waals surface area contributed by atoms with E-state index in [2.05, 4.69) is 10.1 Å². The van der Waals surface area contributed by atoms with Crippen LogP contribution in [-0.4, -0.2) is 38.3 Å². The molecule has 0 unspecified atom stereocenters. The summed E-state index contributed by atoms with van der Waals surface area (Å²) >= 11 is 0. The van der Waals surface area contributed by atoms with E-state index >= 15 is 0 Å². The molecular formula is C7H12F3NO2. The van der Waals surface area contributed by atoms with Gasteiger partial charge in [0.1, 0.15) is 6.61 Å². The van der Waals surface area contributed by atoms with E-state index in [1.54, 1.807) is 6.92 Å². The summed E-state index contributed by atoms with van der Waals surface area (Å²) in [6, 6.07) is -0.198. The molecule has 1 rings (SSSR count). The maximum absolute atomic E-state index is 11.7. The Morgan fingerprint density at radius 3 is 2.77 bits per heavy atom. The van der Waals surface area contributed by atoms with E-state index in [1.165, 1.54) is 0 Å². The van der Waals surface area contributed by atoms with E-state index in [0.29, 0.717) is 13.2 Å². The van der Waals surface area contributed by atoms with Gasteiger partial charge in [-0.05, 0) is 6.92 Å². The van der Waals surface area contributed by atoms with Crippen LogP contribution in [0.4, 0.5) is 13.2 Å². The molecule has 0 radical (unpaired) electrons. The molecule has 0 saturated carbocycles. The molecule has 78 valence electrons. The van der Waals surface area contributed by atoms with Crippen molar-refractivity contribution in [2.75, 3.05) is 19.8 Å². The lowest BCUT2D eigenvalue weighted by atomic mass is 10.3. The molecule has 13 heavy (non-hydrogen) atoms. The minimum Gasteiger partial charge on any atom is -0.350 e. The quantitative estimate of drug-likeness (QED) is 0.716. The van der Waals surface area contributed by atoms with Gasteiger partial charge in [-0.2, -0.15) is 13.2 Å². The molecule has 1 aliphatic heterocycles. The van der Waals surface area contributed by atoms with E-state index in [0.717, 1.165) is 0 Å². The van der Waals surface area contributed by atoms with E-state index in [1.807, 2.05) is 0 Å². The zero-order valence-corrected chi connectivity index (χ0v) is 7.23. The highest BCUT2D eigenvalue weighted by molar-refractivity contribution is 4.70. The first-order valence-electron chi connectivity index (χ1n) is 4.02. The van der Waals surface area contributed by atoms with Crippen molar-refractivity contribution >= 4 is 0 Å². The summed E-state index contributed by atoms with van der Waals surface area (Å²) in [5.41, 5.74) is 0. The third-order valence-corrected chi connectivity index (χ3v) is 1.67. The summed E-state index contributed by atoms with van der Waals surface area (Å²) in [6.45, 7) is 1.49. The van der Waals surface area contributed by atoms with Crippen molar-refractivity contribution in [3.05, 3.63) is 0 Å². The van der Waals surface area contributed by atoms with Crippen LogP contribution in [0.2, 0.25) is 0 Å². The molecule has 0 aromatic carbocycles. The zero-order chi connectivity index (χ0) is 9.90. The van der Waals surface area contributed by atoms with Gasteiger partial charge in [0, 0.05) is 6.54 Å². The van der Waals surface area contributed by atoms with Gasteiger partial charge < -0.3 is 14.8 Å². The van der Waals surface area contributed by atoms with Crippen molar-refractivity contribution in [3.8, 4) is 0 Å². The summed E-state index contributed by atoms with van der Waals surface area (Å²) in [6.07, 6.45) is -5.09. The molecule has 1 N–H and O–H groups in total. The minimum atomic E-state index is -4.29. The molecule has 0 aromatic heterocycles. The molecule has 1 heterocycles. The Morgan fingerprint density at radius 1 is 1.54 bits per heavy atom. The van der Waals surface area contributed by atoms with Crippen LogP contribution < -0.4 is 5.32 Å². The summed E-state index contributed by atoms with van der Waals surface area (Å²) < 4.78 is 44.8. The second-order valence-corrected chi connectivity index (χ2v) is 2.91. The fourth-order valence-electron chi connectivity index (χ4n) is 1.07. The van der Waals surface area contributed by atoms with Gasteiger partial charge in [0.2, 0.25) is 0 Å². The predicted octanol–water partition coefficient (Wildman–Crippen LogP) is 0.900. The van der Waals surface area contributed by atoms with Gasteiger partial charge in [-0.1, -0.05) is 0 Å². The van der Waals surface area contributed by atoms with Gasteiger partial charge in [-0.25, -0.2) is 0 Å². The second kappa shape index (κ2) is 4.26.